The Bertz CT molecular complexity index is 506. The van der Waals surface area contributed by atoms with E-state index in [1.54, 1.807) is 24.3 Å². The van der Waals surface area contributed by atoms with E-state index >= 15 is 0 Å². The zero-order chi connectivity index (χ0) is 12.1. The number of Topliss-reactive ketones (excluding diaryl/α,β-unsaturated/α-hetero) is 1. The van der Waals surface area contributed by atoms with Crippen LogP contribution in [0.3, 0.4) is 0 Å². The first-order valence-corrected chi connectivity index (χ1v) is 5.04. The minimum atomic E-state index is -0.428. The highest BCUT2D eigenvalue weighted by atomic mass is 16.5. The number of nitrogens with zero attached hydrogens (tertiary/aromatic N) is 1. The van der Waals surface area contributed by atoms with E-state index in [1.165, 1.54) is 12.3 Å². The molecule has 0 aliphatic heterocycles. The maximum absolute atomic E-state index is 11.7. The molecule has 1 N–H and O–H groups in total. The summed E-state index contributed by atoms with van der Waals surface area (Å²) in [5, 5.41) is 5.94. The van der Waals surface area contributed by atoms with Crippen LogP contribution in [0.5, 0.6) is 0 Å². The van der Waals surface area contributed by atoms with E-state index in [-0.39, 0.29) is 18.0 Å². The van der Waals surface area contributed by atoms with Crippen molar-refractivity contribution in [2.45, 2.75) is 0 Å². The zero-order valence-electron chi connectivity index (χ0n) is 8.92. The molecule has 0 fully saturated rings. The van der Waals surface area contributed by atoms with Gasteiger partial charge in [0.25, 0.3) is 5.91 Å². The average molecular weight is 230 g/mol. The normalized spacial score (nSPS) is 9.88. The van der Waals surface area contributed by atoms with Gasteiger partial charge in [0.15, 0.2) is 11.5 Å². The molecule has 1 amide bonds. The lowest BCUT2D eigenvalue weighted by molar-refractivity contribution is 0.0898. The Labute approximate surface area is 97.4 Å². The maximum Gasteiger partial charge on any atom is 0.273 e. The lowest BCUT2D eigenvalue weighted by Crippen LogP contribution is -2.29. The molecule has 2 aromatic rings. The Morgan fingerprint density at radius 3 is 2.59 bits per heavy atom. The predicted molar refractivity (Wildman–Crippen MR) is 59.6 cm³/mol. The van der Waals surface area contributed by atoms with Crippen molar-refractivity contribution < 1.29 is 14.1 Å². The van der Waals surface area contributed by atoms with Crippen LogP contribution < -0.4 is 5.32 Å². The van der Waals surface area contributed by atoms with Gasteiger partial charge in [-0.15, -0.1) is 0 Å². The molecule has 0 saturated heterocycles. The predicted octanol–water partition coefficient (Wildman–Crippen LogP) is 1.29. The molecular formula is C12H10N2O3. The summed E-state index contributed by atoms with van der Waals surface area (Å²) >= 11 is 0. The smallest absolute Gasteiger partial charge is 0.273 e. The summed E-state index contributed by atoms with van der Waals surface area (Å²) in [6.07, 6.45) is 1.30. The van der Waals surface area contributed by atoms with E-state index in [1.807, 2.05) is 6.07 Å². The molecule has 0 aliphatic carbocycles. The van der Waals surface area contributed by atoms with Crippen LogP contribution in [0.4, 0.5) is 0 Å². The fourth-order valence-corrected chi connectivity index (χ4v) is 1.31. The highest BCUT2D eigenvalue weighted by Gasteiger charge is 2.11. The van der Waals surface area contributed by atoms with Crippen molar-refractivity contribution >= 4 is 11.7 Å². The number of benzene rings is 1. The van der Waals surface area contributed by atoms with E-state index < -0.39 is 5.91 Å². The molecule has 0 radical (unpaired) electrons. The third-order valence-electron chi connectivity index (χ3n) is 2.18. The molecule has 5 heteroatoms. The molecule has 17 heavy (non-hydrogen) atoms. The molecule has 86 valence electrons. The second kappa shape index (κ2) is 5.07. The molecule has 5 nitrogen and oxygen atoms in total. The Hall–Kier alpha value is -2.43. The monoisotopic (exact) mass is 230 g/mol. The third kappa shape index (κ3) is 2.78. The van der Waals surface area contributed by atoms with Gasteiger partial charge in [-0.2, -0.15) is 0 Å². The fourth-order valence-electron chi connectivity index (χ4n) is 1.31. The molecule has 1 heterocycles. The van der Waals surface area contributed by atoms with Crippen molar-refractivity contribution in [2.24, 2.45) is 0 Å². The minimum Gasteiger partial charge on any atom is -0.364 e. The highest BCUT2D eigenvalue weighted by molar-refractivity contribution is 6.01. The van der Waals surface area contributed by atoms with Crippen molar-refractivity contribution in [3.05, 3.63) is 53.9 Å². The SMILES string of the molecule is O=C(CNC(=O)c1ccon1)c1ccccc1. The van der Waals surface area contributed by atoms with Gasteiger partial charge in [0, 0.05) is 11.6 Å². The maximum atomic E-state index is 11.7. The summed E-state index contributed by atoms with van der Waals surface area (Å²) in [5.74, 6) is -0.578. The first-order valence-electron chi connectivity index (χ1n) is 5.04. The standard InChI is InChI=1S/C12H10N2O3/c15-11(9-4-2-1-3-5-9)8-13-12(16)10-6-7-17-14-10/h1-7H,8H2,(H,13,16). The van der Waals surface area contributed by atoms with Gasteiger partial charge in [-0.3, -0.25) is 9.59 Å². The Kier molecular flexibility index (Phi) is 3.30. The molecule has 0 spiro atoms. The average Bonchev–Trinajstić information content (AvgIpc) is 2.90. The van der Waals surface area contributed by atoms with Crippen molar-refractivity contribution in [2.75, 3.05) is 6.54 Å². The van der Waals surface area contributed by atoms with E-state index in [0.717, 1.165) is 0 Å². The van der Waals surface area contributed by atoms with Crippen molar-refractivity contribution in [3.8, 4) is 0 Å². The van der Waals surface area contributed by atoms with Gasteiger partial charge in [-0.25, -0.2) is 0 Å². The summed E-state index contributed by atoms with van der Waals surface area (Å²) in [4.78, 5) is 23.1. The Morgan fingerprint density at radius 1 is 1.18 bits per heavy atom. The largest absolute Gasteiger partial charge is 0.364 e. The number of hydrogen-bond acceptors (Lipinski definition) is 4. The fraction of sp³-hybridized carbons (Fsp3) is 0.0833. The summed E-state index contributed by atoms with van der Waals surface area (Å²) in [6.45, 7) is -0.0598. The molecule has 0 bridgehead atoms. The van der Waals surface area contributed by atoms with Crippen LogP contribution in [0.15, 0.2) is 47.2 Å². The molecule has 0 unspecified atom stereocenters. The quantitative estimate of drug-likeness (QED) is 0.803. The van der Waals surface area contributed by atoms with E-state index in [4.69, 9.17) is 0 Å². The third-order valence-corrected chi connectivity index (χ3v) is 2.18. The summed E-state index contributed by atoms with van der Waals surface area (Å²) in [5.41, 5.74) is 0.721. The molecule has 0 atom stereocenters. The molecule has 1 aromatic carbocycles. The van der Waals surface area contributed by atoms with Crippen molar-refractivity contribution in [1.29, 1.82) is 0 Å². The van der Waals surface area contributed by atoms with E-state index in [2.05, 4.69) is 15.0 Å². The number of carbonyl (C=O) groups is 2. The van der Waals surface area contributed by atoms with E-state index in [9.17, 15) is 9.59 Å². The van der Waals surface area contributed by atoms with Gasteiger partial charge in [0.2, 0.25) is 0 Å². The van der Waals surface area contributed by atoms with Gasteiger partial charge in [0.1, 0.15) is 6.26 Å². The molecule has 1 aromatic heterocycles. The molecule has 0 aliphatic rings. The lowest BCUT2D eigenvalue weighted by Gasteiger charge is -2.02. The van der Waals surface area contributed by atoms with E-state index in [0.29, 0.717) is 5.56 Å². The van der Waals surface area contributed by atoms with Crippen LogP contribution >= 0.6 is 0 Å². The second-order valence-electron chi connectivity index (χ2n) is 3.36. The zero-order valence-corrected chi connectivity index (χ0v) is 8.92. The van der Waals surface area contributed by atoms with Gasteiger partial charge < -0.3 is 9.84 Å². The Balaban J connectivity index is 1.91. The van der Waals surface area contributed by atoms with Crippen LogP contribution in [0.25, 0.3) is 0 Å². The first-order chi connectivity index (χ1) is 8.27. The number of carbonyl (C=O) groups excluding carboxylic acids is 2. The number of rotatable bonds is 4. The van der Waals surface area contributed by atoms with Crippen molar-refractivity contribution in [1.82, 2.24) is 10.5 Å². The minimum absolute atomic E-state index is 0.0598. The topological polar surface area (TPSA) is 72.2 Å². The number of amides is 1. The summed E-state index contributed by atoms with van der Waals surface area (Å²) < 4.78 is 4.53. The van der Waals surface area contributed by atoms with Gasteiger partial charge in [0.05, 0.1) is 6.54 Å². The van der Waals surface area contributed by atoms with Gasteiger partial charge in [-0.05, 0) is 0 Å². The Morgan fingerprint density at radius 2 is 1.94 bits per heavy atom. The van der Waals surface area contributed by atoms with Gasteiger partial charge >= 0.3 is 0 Å². The second-order valence-corrected chi connectivity index (χ2v) is 3.36. The summed E-state index contributed by atoms with van der Waals surface area (Å²) in [7, 11) is 0. The van der Waals surface area contributed by atoms with Crippen LogP contribution in [0, 0.1) is 0 Å². The summed E-state index contributed by atoms with van der Waals surface area (Å²) in [6, 6.07) is 10.2. The van der Waals surface area contributed by atoms with Crippen LogP contribution in [0.1, 0.15) is 20.8 Å². The number of nitrogens with one attached hydrogen (secondary N) is 1. The van der Waals surface area contributed by atoms with Crippen LogP contribution in [-0.2, 0) is 0 Å². The number of ketones is 1. The number of hydrogen-bond donors (Lipinski definition) is 1. The lowest BCUT2D eigenvalue weighted by atomic mass is 10.1. The molecular weight excluding hydrogens is 220 g/mol. The van der Waals surface area contributed by atoms with Gasteiger partial charge in [-0.1, -0.05) is 35.5 Å². The molecule has 2 rings (SSSR count). The number of aromatic nitrogens is 1. The van der Waals surface area contributed by atoms with Crippen LogP contribution in [-0.4, -0.2) is 23.4 Å². The van der Waals surface area contributed by atoms with Crippen LogP contribution in [0.2, 0.25) is 0 Å². The highest BCUT2D eigenvalue weighted by Crippen LogP contribution is 1.99. The molecule has 0 saturated carbocycles. The van der Waals surface area contributed by atoms with Crippen molar-refractivity contribution in [3.63, 3.8) is 0 Å². The first kappa shape index (κ1) is 11.1.